The Hall–Kier alpha value is -3.13. The normalized spacial score (nSPS) is 14.4. The van der Waals surface area contributed by atoms with E-state index in [9.17, 15) is 19.1 Å². The first-order chi connectivity index (χ1) is 16.7. The van der Waals surface area contributed by atoms with Gasteiger partial charge in [-0.1, -0.05) is 30.3 Å². The lowest BCUT2D eigenvalue weighted by molar-refractivity contribution is -0.131. The number of ether oxygens (including phenoxy) is 2. The van der Waals surface area contributed by atoms with Gasteiger partial charge in [0.25, 0.3) is 5.91 Å². The molecule has 0 bridgehead atoms. The Labute approximate surface area is 206 Å². The van der Waals surface area contributed by atoms with Crippen LogP contribution < -0.4 is 20.5 Å². The molecule has 2 amide bonds. The Morgan fingerprint density at radius 2 is 1.80 bits per heavy atom. The highest BCUT2D eigenvalue weighted by Gasteiger charge is 2.33. The quantitative estimate of drug-likeness (QED) is 0.356. The molecule has 0 fully saturated rings. The molecule has 0 spiro atoms. The van der Waals surface area contributed by atoms with Crippen molar-refractivity contribution in [2.75, 3.05) is 20.8 Å². The van der Waals surface area contributed by atoms with Crippen LogP contribution in [0.15, 0.2) is 48.5 Å². The number of nitrogens with one attached hydrogen (secondary N) is 1. The molecule has 35 heavy (non-hydrogen) atoms. The van der Waals surface area contributed by atoms with Gasteiger partial charge in [0, 0.05) is 12.5 Å². The van der Waals surface area contributed by atoms with Gasteiger partial charge in [0.2, 0.25) is 5.91 Å². The first-order valence-electron chi connectivity index (χ1n) is 11.9. The lowest BCUT2D eigenvalue weighted by Crippen LogP contribution is -2.39. The van der Waals surface area contributed by atoms with Crippen molar-refractivity contribution in [1.29, 1.82) is 0 Å². The van der Waals surface area contributed by atoms with Gasteiger partial charge in [-0.25, -0.2) is 4.39 Å². The molecule has 3 atom stereocenters. The largest absolute Gasteiger partial charge is 0.497 e. The number of rotatable bonds is 15. The lowest BCUT2D eigenvalue weighted by atomic mass is 9.88. The highest BCUT2D eigenvalue weighted by atomic mass is 19.1. The lowest BCUT2D eigenvalue weighted by Gasteiger charge is -2.23. The standard InChI is InChI=1S/C27H37FN2O5/c1-27(28,26(29)33)15-13-21(17-22(31)10-9-19-7-5-4-6-8-19)25(32)30-16-14-20-18-23(34-2)11-12-24(20)35-3/h4-8,11-12,18,21-22,31H,9-10,13-17H2,1-3H3,(H2,29,33)(H,30,32)/t21-,22+,27?/m1/s1. The number of aryl methyl sites for hydroxylation is 1. The number of hydrogen-bond donors (Lipinski definition) is 3. The van der Waals surface area contributed by atoms with E-state index in [4.69, 9.17) is 15.2 Å². The van der Waals surface area contributed by atoms with Crippen molar-refractivity contribution in [3.8, 4) is 11.5 Å². The van der Waals surface area contributed by atoms with E-state index in [0.29, 0.717) is 37.3 Å². The summed E-state index contributed by atoms with van der Waals surface area (Å²) in [7, 11) is 3.15. The average molecular weight is 489 g/mol. The molecule has 0 saturated heterocycles. The van der Waals surface area contributed by atoms with Crippen molar-refractivity contribution in [2.24, 2.45) is 11.7 Å². The number of hydrogen-bond acceptors (Lipinski definition) is 5. The number of amides is 2. The van der Waals surface area contributed by atoms with E-state index < -0.39 is 23.6 Å². The molecule has 0 heterocycles. The topological polar surface area (TPSA) is 111 Å². The molecule has 0 radical (unpaired) electrons. The zero-order valence-corrected chi connectivity index (χ0v) is 20.8. The molecule has 1 unspecified atom stereocenters. The fraction of sp³-hybridized carbons (Fsp3) is 0.481. The van der Waals surface area contributed by atoms with Crippen LogP contribution in [-0.4, -0.2) is 49.5 Å². The number of carbonyl (C=O) groups excluding carboxylic acids is 2. The number of halogens is 1. The Morgan fingerprint density at radius 3 is 2.43 bits per heavy atom. The smallest absolute Gasteiger partial charge is 0.254 e. The monoisotopic (exact) mass is 488 g/mol. The molecule has 192 valence electrons. The van der Waals surface area contributed by atoms with Gasteiger partial charge in [-0.2, -0.15) is 0 Å². The van der Waals surface area contributed by atoms with E-state index in [1.165, 1.54) is 0 Å². The summed E-state index contributed by atoms with van der Waals surface area (Å²) in [5, 5.41) is 13.5. The van der Waals surface area contributed by atoms with Crippen LogP contribution in [0.5, 0.6) is 11.5 Å². The van der Waals surface area contributed by atoms with Gasteiger partial charge in [0.1, 0.15) is 11.5 Å². The molecule has 0 saturated carbocycles. The number of alkyl halides is 1. The highest BCUT2D eigenvalue weighted by Crippen LogP contribution is 2.26. The Kier molecular flexibility index (Phi) is 11.0. The summed E-state index contributed by atoms with van der Waals surface area (Å²) in [6, 6.07) is 15.2. The van der Waals surface area contributed by atoms with Crippen molar-refractivity contribution in [1.82, 2.24) is 5.32 Å². The molecular formula is C27H37FN2O5. The minimum Gasteiger partial charge on any atom is -0.497 e. The molecule has 2 aromatic rings. The van der Waals surface area contributed by atoms with Crippen molar-refractivity contribution >= 4 is 11.8 Å². The van der Waals surface area contributed by atoms with E-state index in [0.717, 1.165) is 18.1 Å². The molecule has 7 nitrogen and oxygen atoms in total. The first kappa shape index (κ1) is 28.1. The average Bonchev–Trinajstić information content (AvgIpc) is 2.85. The van der Waals surface area contributed by atoms with E-state index in [1.54, 1.807) is 26.4 Å². The molecule has 8 heteroatoms. The van der Waals surface area contributed by atoms with Gasteiger partial charge in [0.15, 0.2) is 5.67 Å². The molecular weight excluding hydrogens is 451 g/mol. The Balaban J connectivity index is 2.00. The van der Waals surface area contributed by atoms with Crippen LogP contribution in [0.2, 0.25) is 0 Å². The molecule has 2 rings (SSSR count). The second kappa shape index (κ2) is 13.7. The zero-order chi connectivity index (χ0) is 25.8. The highest BCUT2D eigenvalue weighted by molar-refractivity contribution is 5.83. The van der Waals surface area contributed by atoms with E-state index in [-0.39, 0.29) is 25.2 Å². The molecule has 0 aliphatic heterocycles. The van der Waals surface area contributed by atoms with Gasteiger partial charge in [-0.15, -0.1) is 0 Å². The third-order valence-electron chi connectivity index (χ3n) is 6.19. The third kappa shape index (κ3) is 9.20. The van der Waals surface area contributed by atoms with Crippen LogP contribution in [-0.2, 0) is 22.4 Å². The van der Waals surface area contributed by atoms with Crippen LogP contribution in [0.1, 0.15) is 43.7 Å². The van der Waals surface area contributed by atoms with Crippen LogP contribution in [0.25, 0.3) is 0 Å². The van der Waals surface area contributed by atoms with Crippen LogP contribution in [0.4, 0.5) is 4.39 Å². The predicted molar refractivity (Wildman–Crippen MR) is 133 cm³/mol. The number of primary amides is 1. The molecule has 0 aromatic heterocycles. The van der Waals surface area contributed by atoms with Gasteiger partial charge < -0.3 is 25.6 Å². The van der Waals surface area contributed by atoms with Gasteiger partial charge >= 0.3 is 0 Å². The second-order valence-electron chi connectivity index (χ2n) is 8.93. The number of aliphatic hydroxyl groups is 1. The fourth-order valence-corrected chi connectivity index (χ4v) is 3.89. The summed E-state index contributed by atoms with van der Waals surface area (Å²) in [5.74, 6) is -0.664. The maximum absolute atomic E-state index is 14.5. The minimum atomic E-state index is -2.22. The number of carbonyl (C=O) groups is 2. The number of aliphatic hydroxyl groups excluding tert-OH is 1. The summed E-state index contributed by atoms with van der Waals surface area (Å²) in [5.41, 5.74) is 4.89. The summed E-state index contributed by atoms with van der Waals surface area (Å²) in [6.07, 6.45) is 0.935. The Morgan fingerprint density at radius 1 is 1.09 bits per heavy atom. The van der Waals surface area contributed by atoms with E-state index in [1.807, 2.05) is 36.4 Å². The number of benzene rings is 2. The van der Waals surface area contributed by atoms with E-state index in [2.05, 4.69) is 5.32 Å². The van der Waals surface area contributed by atoms with Crippen LogP contribution >= 0.6 is 0 Å². The van der Waals surface area contributed by atoms with E-state index >= 15 is 0 Å². The molecule has 4 N–H and O–H groups in total. The minimum absolute atomic E-state index is 0.0899. The number of methoxy groups -OCH3 is 2. The summed E-state index contributed by atoms with van der Waals surface area (Å²) in [6.45, 7) is 1.44. The maximum atomic E-state index is 14.5. The third-order valence-corrected chi connectivity index (χ3v) is 6.19. The predicted octanol–water partition coefficient (Wildman–Crippen LogP) is 3.36. The fourth-order valence-electron chi connectivity index (χ4n) is 3.89. The Bertz CT molecular complexity index is 952. The summed E-state index contributed by atoms with van der Waals surface area (Å²) < 4.78 is 25.1. The summed E-state index contributed by atoms with van der Waals surface area (Å²) >= 11 is 0. The summed E-state index contributed by atoms with van der Waals surface area (Å²) in [4.78, 5) is 24.4. The SMILES string of the molecule is COc1ccc(OC)c(CCNC(=O)[C@H](CCC(C)(F)C(N)=O)C[C@@H](O)CCc2ccccc2)c1. The zero-order valence-electron chi connectivity index (χ0n) is 20.8. The van der Waals surface area contributed by atoms with Gasteiger partial charge in [-0.05, 0) is 74.8 Å². The van der Waals surface area contributed by atoms with Gasteiger partial charge in [-0.3, -0.25) is 9.59 Å². The van der Waals surface area contributed by atoms with Crippen molar-refractivity contribution < 1.29 is 28.6 Å². The number of nitrogens with two attached hydrogens (primary N) is 1. The molecule has 0 aliphatic carbocycles. The van der Waals surface area contributed by atoms with Crippen LogP contribution in [0, 0.1) is 5.92 Å². The van der Waals surface area contributed by atoms with Gasteiger partial charge in [0.05, 0.1) is 20.3 Å². The molecule has 0 aliphatic rings. The molecule has 2 aromatic carbocycles. The van der Waals surface area contributed by atoms with Crippen LogP contribution in [0.3, 0.4) is 0 Å². The second-order valence-corrected chi connectivity index (χ2v) is 8.93. The van der Waals surface area contributed by atoms with Crippen molar-refractivity contribution in [3.05, 3.63) is 59.7 Å². The van der Waals surface area contributed by atoms with Crippen molar-refractivity contribution in [2.45, 2.75) is 57.2 Å². The van der Waals surface area contributed by atoms with Crippen molar-refractivity contribution in [3.63, 3.8) is 0 Å². The maximum Gasteiger partial charge on any atom is 0.254 e. The first-order valence-corrected chi connectivity index (χ1v) is 11.9.